The van der Waals surface area contributed by atoms with Gasteiger partial charge in [0.1, 0.15) is 34.5 Å². The summed E-state index contributed by atoms with van der Waals surface area (Å²) in [5, 5.41) is 0. The first-order valence-corrected chi connectivity index (χ1v) is 15.4. The number of methoxy groups -OCH3 is 2. The Morgan fingerprint density at radius 2 is 0.810 bits per heavy atom. The largest absolute Gasteiger partial charge is 0.497 e. The number of rotatable bonds is 11. The van der Waals surface area contributed by atoms with Crippen molar-refractivity contribution in [3.8, 4) is 45.6 Å². The van der Waals surface area contributed by atoms with E-state index in [-0.39, 0.29) is 28.9 Å². The maximum absolute atomic E-state index is 6.20. The Balaban J connectivity index is 1.49. The first kappa shape index (κ1) is 31.5. The van der Waals surface area contributed by atoms with Crippen LogP contribution in [0.3, 0.4) is 0 Å². The molecule has 2 unspecified atom stereocenters. The zero-order valence-electron chi connectivity index (χ0n) is 25.5. The molecule has 0 aliphatic rings. The van der Waals surface area contributed by atoms with Gasteiger partial charge in [-0.2, -0.15) is 0 Å². The van der Waals surface area contributed by atoms with E-state index in [2.05, 4.69) is 41.5 Å². The summed E-state index contributed by atoms with van der Waals surface area (Å²) in [5.74, 6) is 4.54. The molecule has 8 heteroatoms. The van der Waals surface area contributed by atoms with Crippen molar-refractivity contribution >= 4 is 18.1 Å². The fraction of sp³-hybridized carbons (Fsp3) is 0.294. The zero-order chi connectivity index (χ0) is 30.3. The van der Waals surface area contributed by atoms with Crippen LogP contribution in [-0.2, 0) is 10.8 Å². The van der Waals surface area contributed by atoms with Gasteiger partial charge in [-0.15, -0.1) is 0 Å². The van der Waals surface area contributed by atoms with E-state index in [1.165, 1.54) is 0 Å². The lowest BCUT2D eigenvalue weighted by atomic mass is 9.86. The minimum atomic E-state index is -0.243. The highest BCUT2D eigenvalue weighted by Crippen LogP contribution is 2.43. The predicted molar refractivity (Wildman–Crippen MR) is 174 cm³/mol. The van der Waals surface area contributed by atoms with Crippen molar-refractivity contribution in [1.29, 1.82) is 0 Å². The molecule has 0 heterocycles. The molecule has 42 heavy (non-hydrogen) atoms. The highest BCUT2D eigenvalue weighted by atomic mass is 31.1. The minimum absolute atomic E-state index is 0.120. The van der Waals surface area contributed by atoms with E-state index in [9.17, 15) is 0 Å². The molecule has 0 aromatic heterocycles. The van der Waals surface area contributed by atoms with Gasteiger partial charge in [0.15, 0.2) is 0 Å². The number of ether oxygens (including phenoxy) is 2. The molecule has 0 aliphatic carbocycles. The second-order valence-electron chi connectivity index (χ2n) is 11.8. The van der Waals surface area contributed by atoms with E-state index >= 15 is 0 Å². The summed E-state index contributed by atoms with van der Waals surface area (Å²) in [6.07, 6.45) is 0. The van der Waals surface area contributed by atoms with Crippen LogP contribution in [-0.4, -0.2) is 14.2 Å². The lowest BCUT2D eigenvalue weighted by Gasteiger charge is -2.23. The average molecular weight is 607 g/mol. The molecule has 0 bridgehead atoms. The Kier molecular flexibility index (Phi) is 10.2. The van der Waals surface area contributed by atoms with Crippen LogP contribution in [0.4, 0.5) is 0 Å². The number of hydrogen-bond donors (Lipinski definition) is 0. The monoisotopic (exact) mass is 606 g/mol. The molecule has 4 rings (SSSR count). The molecule has 2 atom stereocenters. The van der Waals surface area contributed by atoms with E-state index in [1.807, 2.05) is 84.9 Å². The Bertz CT molecular complexity index is 1380. The summed E-state index contributed by atoms with van der Waals surface area (Å²) >= 11 is 0. The summed E-state index contributed by atoms with van der Waals surface area (Å²) in [6.45, 7) is 12.9. The molecule has 0 aliphatic heterocycles. The summed E-state index contributed by atoms with van der Waals surface area (Å²) in [4.78, 5) is 0. The van der Waals surface area contributed by atoms with Crippen molar-refractivity contribution < 1.29 is 27.6 Å². The zero-order valence-corrected chi connectivity index (χ0v) is 27.5. The first-order valence-electron chi connectivity index (χ1n) is 13.7. The van der Waals surface area contributed by atoms with Crippen LogP contribution < -0.4 is 27.6 Å². The van der Waals surface area contributed by atoms with Crippen molar-refractivity contribution in [2.45, 2.75) is 52.4 Å². The van der Waals surface area contributed by atoms with Gasteiger partial charge in [0.25, 0.3) is 18.1 Å². The molecule has 0 fully saturated rings. The molecule has 4 aromatic carbocycles. The molecule has 222 valence electrons. The topological polar surface area (TPSA) is 55.4 Å². The SMILES string of the molecule is COc1ccc(OPOc2ccccc2-c2ccccc2OPOc2ccc(OC)cc2C(C)(C)C)c(C(C)(C)C)c1. The van der Waals surface area contributed by atoms with Crippen LogP contribution >= 0.6 is 18.1 Å². The summed E-state index contributed by atoms with van der Waals surface area (Å²) in [5.41, 5.74) is 3.67. The Morgan fingerprint density at radius 1 is 0.452 bits per heavy atom. The average Bonchev–Trinajstić information content (AvgIpc) is 2.97. The van der Waals surface area contributed by atoms with Gasteiger partial charge in [-0.3, -0.25) is 0 Å². The van der Waals surface area contributed by atoms with E-state index in [4.69, 9.17) is 27.6 Å². The van der Waals surface area contributed by atoms with Gasteiger partial charge < -0.3 is 27.6 Å². The molecule has 0 N–H and O–H groups in total. The van der Waals surface area contributed by atoms with Crippen LogP contribution in [0.1, 0.15) is 52.7 Å². The quantitative estimate of drug-likeness (QED) is 0.158. The lowest BCUT2D eigenvalue weighted by Crippen LogP contribution is -2.12. The third kappa shape index (κ3) is 7.88. The second kappa shape index (κ2) is 13.7. The van der Waals surface area contributed by atoms with Crippen molar-refractivity contribution in [3.63, 3.8) is 0 Å². The molecule has 0 spiro atoms. The van der Waals surface area contributed by atoms with Gasteiger partial charge >= 0.3 is 0 Å². The van der Waals surface area contributed by atoms with Crippen LogP contribution in [0.15, 0.2) is 84.9 Å². The predicted octanol–water partition coefficient (Wildman–Crippen LogP) is 9.90. The molecular weight excluding hydrogens is 566 g/mol. The maximum Gasteiger partial charge on any atom is 0.275 e. The Labute approximate surface area is 253 Å². The number of hydrogen-bond acceptors (Lipinski definition) is 6. The molecule has 6 nitrogen and oxygen atoms in total. The second-order valence-corrected chi connectivity index (χ2v) is 12.9. The smallest absolute Gasteiger partial charge is 0.275 e. The van der Waals surface area contributed by atoms with Crippen molar-refractivity contribution in [2.75, 3.05) is 14.2 Å². The van der Waals surface area contributed by atoms with Crippen LogP contribution in [0.5, 0.6) is 34.5 Å². The van der Waals surface area contributed by atoms with Crippen molar-refractivity contribution in [2.24, 2.45) is 0 Å². The molecule has 4 aromatic rings. The first-order chi connectivity index (χ1) is 20.0. The third-order valence-electron chi connectivity index (χ3n) is 6.66. The Hall–Kier alpha value is -3.46. The van der Waals surface area contributed by atoms with Gasteiger partial charge in [0.05, 0.1) is 14.2 Å². The normalized spacial score (nSPS) is 12.1. The van der Waals surface area contributed by atoms with Gasteiger partial charge in [0, 0.05) is 22.3 Å². The highest BCUT2D eigenvalue weighted by molar-refractivity contribution is 7.27. The summed E-state index contributed by atoms with van der Waals surface area (Å²) in [6, 6.07) is 27.5. The van der Waals surface area contributed by atoms with E-state index in [1.54, 1.807) is 14.2 Å². The van der Waals surface area contributed by atoms with Crippen molar-refractivity contribution in [1.82, 2.24) is 0 Å². The molecule has 0 saturated heterocycles. The van der Waals surface area contributed by atoms with Crippen LogP contribution in [0.25, 0.3) is 11.1 Å². The molecule has 0 radical (unpaired) electrons. The third-order valence-corrected chi connectivity index (χ3v) is 7.87. The van der Waals surface area contributed by atoms with E-state index < -0.39 is 0 Å². The van der Waals surface area contributed by atoms with Gasteiger partial charge in [0.2, 0.25) is 0 Å². The maximum atomic E-state index is 6.20. The van der Waals surface area contributed by atoms with E-state index in [0.717, 1.165) is 45.3 Å². The fourth-order valence-electron chi connectivity index (χ4n) is 4.40. The minimum Gasteiger partial charge on any atom is -0.497 e. The fourth-order valence-corrected chi connectivity index (χ4v) is 5.55. The van der Waals surface area contributed by atoms with E-state index in [0.29, 0.717) is 11.5 Å². The van der Waals surface area contributed by atoms with Crippen LogP contribution in [0.2, 0.25) is 0 Å². The molecule has 0 saturated carbocycles. The van der Waals surface area contributed by atoms with Crippen LogP contribution in [0, 0.1) is 0 Å². The highest BCUT2D eigenvalue weighted by Gasteiger charge is 2.22. The Morgan fingerprint density at radius 3 is 1.17 bits per heavy atom. The standard InChI is InChI=1S/C34H40O6P2/c1-33(2,3)27-21-23(35-7)17-19-31(27)39-41-37-29-15-11-9-13-25(29)26-14-10-12-16-30(26)38-42-40-32-20-18-24(36-8)22-28(32)34(4,5)6/h9-22,41-42H,1-8H3. The van der Waals surface area contributed by atoms with Crippen molar-refractivity contribution in [3.05, 3.63) is 96.1 Å². The van der Waals surface area contributed by atoms with Gasteiger partial charge in [-0.1, -0.05) is 77.9 Å². The van der Waals surface area contributed by atoms with Gasteiger partial charge in [-0.05, 0) is 59.4 Å². The molecular formula is C34H40O6P2. The lowest BCUT2D eigenvalue weighted by molar-refractivity contribution is 0.410. The summed E-state index contributed by atoms with van der Waals surface area (Å²) < 4.78 is 35.6. The summed E-state index contributed by atoms with van der Waals surface area (Å²) in [7, 11) is 2.85. The van der Waals surface area contributed by atoms with Gasteiger partial charge in [-0.25, -0.2) is 0 Å². The number of para-hydroxylation sites is 2. The number of benzene rings is 4. The molecule has 0 amide bonds.